The molecule has 148 valence electrons. The summed E-state index contributed by atoms with van der Waals surface area (Å²) in [5.41, 5.74) is 2.77. The van der Waals surface area contributed by atoms with Crippen LogP contribution in [0.25, 0.3) is 0 Å². The van der Waals surface area contributed by atoms with Crippen molar-refractivity contribution in [1.82, 2.24) is 5.32 Å². The van der Waals surface area contributed by atoms with Gasteiger partial charge < -0.3 is 5.32 Å². The van der Waals surface area contributed by atoms with Crippen LogP contribution in [-0.4, -0.2) is 17.5 Å². The van der Waals surface area contributed by atoms with Crippen LogP contribution in [-0.2, 0) is 14.4 Å². The number of rotatable bonds is 9. The lowest BCUT2D eigenvalue weighted by molar-refractivity contribution is -0.121. The third-order valence-corrected chi connectivity index (χ3v) is 3.61. The summed E-state index contributed by atoms with van der Waals surface area (Å²) in [6.07, 6.45) is 15.9. The average Bonchev–Trinajstić information content (AvgIpc) is 2.62. The molecule has 1 aliphatic rings. The van der Waals surface area contributed by atoms with E-state index >= 15 is 0 Å². The van der Waals surface area contributed by atoms with Gasteiger partial charge in [-0.1, -0.05) is 49.3 Å². The van der Waals surface area contributed by atoms with E-state index in [9.17, 15) is 14.4 Å². The van der Waals surface area contributed by atoms with Gasteiger partial charge in [0.1, 0.15) is 0 Å². The van der Waals surface area contributed by atoms with E-state index in [1.165, 1.54) is 23.3 Å². The van der Waals surface area contributed by atoms with Crippen molar-refractivity contribution in [2.45, 2.75) is 66.7 Å². The number of carbonyl (C=O) groups excluding carboxylic acids is 3. The van der Waals surface area contributed by atoms with Crippen molar-refractivity contribution in [2.24, 2.45) is 0 Å². The standard InChI is InChI=1S/C21H27NO3.C2H6/c1-16(2)9-8-11-17(3)10-6-4-5-7-12-21(25)22-19-15-18(23)13-14-20(19)24;1-2/h5,7,9-10,13-15H,4,6,8,11-12H2,1-3H3,(H,22,25);1-2H3/b7-5+,17-10+;. The molecule has 0 fully saturated rings. The molecule has 0 aromatic carbocycles. The largest absolute Gasteiger partial charge is 0.322 e. The predicted octanol–water partition coefficient (Wildman–Crippen LogP) is 5.14. The van der Waals surface area contributed by atoms with Crippen molar-refractivity contribution < 1.29 is 14.4 Å². The molecule has 0 unspecified atom stereocenters. The van der Waals surface area contributed by atoms with Gasteiger partial charge in [-0.05, 0) is 58.6 Å². The zero-order valence-electron chi connectivity index (χ0n) is 17.3. The van der Waals surface area contributed by atoms with Gasteiger partial charge in [-0.2, -0.15) is 0 Å². The van der Waals surface area contributed by atoms with Gasteiger partial charge in [-0.25, -0.2) is 0 Å². The van der Waals surface area contributed by atoms with E-state index in [1.54, 1.807) is 6.08 Å². The van der Waals surface area contributed by atoms with Gasteiger partial charge in [0.05, 0.1) is 5.70 Å². The Morgan fingerprint density at radius 3 is 2.33 bits per heavy atom. The van der Waals surface area contributed by atoms with E-state index in [0.717, 1.165) is 31.8 Å². The highest BCUT2D eigenvalue weighted by molar-refractivity contribution is 6.18. The Morgan fingerprint density at radius 1 is 0.963 bits per heavy atom. The Hall–Kier alpha value is -2.49. The molecule has 4 heteroatoms. The normalized spacial score (nSPS) is 13.8. The Labute approximate surface area is 163 Å². The van der Waals surface area contributed by atoms with Gasteiger partial charge in [0, 0.05) is 12.5 Å². The van der Waals surface area contributed by atoms with Crippen LogP contribution in [0, 0.1) is 0 Å². The number of ketones is 2. The smallest absolute Gasteiger partial charge is 0.228 e. The molecule has 27 heavy (non-hydrogen) atoms. The van der Waals surface area contributed by atoms with Crippen LogP contribution in [0.15, 0.2) is 59.4 Å². The summed E-state index contributed by atoms with van der Waals surface area (Å²) >= 11 is 0. The Kier molecular flexibility index (Phi) is 13.3. The van der Waals surface area contributed by atoms with Crippen molar-refractivity contribution in [3.8, 4) is 0 Å². The molecule has 0 aromatic rings. The van der Waals surface area contributed by atoms with Crippen molar-refractivity contribution in [2.75, 3.05) is 0 Å². The molecule has 1 aliphatic carbocycles. The van der Waals surface area contributed by atoms with Gasteiger partial charge in [-0.15, -0.1) is 0 Å². The number of nitrogens with one attached hydrogen (secondary N) is 1. The van der Waals surface area contributed by atoms with Crippen molar-refractivity contribution in [3.63, 3.8) is 0 Å². The maximum Gasteiger partial charge on any atom is 0.228 e. The first-order valence-corrected chi connectivity index (χ1v) is 9.60. The Balaban J connectivity index is 0.00000326. The summed E-state index contributed by atoms with van der Waals surface area (Å²) in [6.45, 7) is 10.4. The Morgan fingerprint density at radius 2 is 1.67 bits per heavy atom. The summed E-state index contributed by atoms with van der Waals surface area (Å²) in [5, 5.41) is 2.47. The molecule has 0 bridgehead atoms. The highest BCUT2D eigenvalue weighted by Gasteiger charge is 2.14. The molecular formula is C23H33NO3. The minimum absolute atomic E-state index is 0.0424. The molecule has 0 saturated heterocycles. The van der Waals surface area contributed by atoms with Crippen LogP contribution in [0.1, 0.15) is 66.7 Å². The van der Waals surface area contributed by atoms with Gasteiger partial charge in [0.25, 0.3) is 0 Å². The van der Waals surface area contributed by atoms with Crippen LogP contribution in [0.4, 0.5) is 0 Å². The summed E-state index contributed by atoms with van der Waals surface area (Å²) in [7, 11) is 0. The van der Waals surface area contributed by atoms with Crippen LogP contribution < -0.4 is 5.32 Å². The van der Waals surface area contributed by atoms with E-state index in [1.807, 2.05) is 19.9 Å². The second-order valence-corrected chi connectivity index (χ2v) is 6.33. The molecule has 0 heterocycles. The zero-order chi connectivity index (χ0) is 20.7. The summed E-state index contributed by atoms with van der Waals surface area (Å²) in [4.78, 5) is 34.5. The summed E-state index contributed by atoms with van der Waals surface area (Å²) in [6, 6.07) is 0. The van der Waals surface area contributed by atoms with E-state index in [2.05, 4.69) is 38.2 Å². The first-order valence-electron chi connectivity index (χ1n) is 9.60. The number of amides is 1. The quantitative estimate of drug-likeness (QED) is 0.347. The minimum Gasteiger partial charge on any atom is -0.322 e. The zero-order valence-corrected chi connectivity index (χ0v) is 17.3. The first kappa shape index (κ1) is 24.5. The van der Waals surface area contributed by atoms with Crippen LogP contribution in [0.3, 0.4) is 0 Å². The Bertz CT molecular complexity index is 657. The molecule has 0 aliphatic heterocycles. The second-order valence-electron chi connectivity index (χ2n) is 6.33. The molecular weight excluding hydrogens is 338 g/mol. The average molecular weight is 372 g/mol. The third-order valence-electron chi connectivity index (χ3n) is 3.61. The monoisotopic (exact) mass is 371 g/mol. The fourth-order valence-electron chi connectivity index (χ4n) is 2.23. The van der Waals surface area contributed by atoms with E-state index in [4.69, 9.17) is 0 Å². The van der Waals surface area contributed by atoms with Gasteiger partial charge >= 0.3 is 0 Å². The third kappa shape index (κ3) is 12.5. The molecule has 1 rings (SSSR count). The van der Waals surface area contributed by atoms with E-state index in [-0.39, 0.29) is 29.6 Å². The van der Waals surface area contributed by atoms with Crippen molar-refractivity contribution >= 4 is 17.5 Å². The summed E-state index contributed by atoms with van der Waals surface area (Å²) < 4.78 is 0. The van der Waals surface area contributed by atoms with E-state index in [0.29, 0.717) is 0 Å². The predicted molar refractivity (Wildman–Crippen MR) is 112 cm³/mol. The molecule has 0 atom stereocenters. The molecule has 1 N–H and O–H groups in total. The number of carbonyl (C=O) groups is 3. The van der Waals surface area contributed by atoms with Crippen LogP contribution >= 0.6 is 0 Å². The fraction of sp³-hybridized carbons (Fsp3) is 0.435. The lowest BCUT2D eigenvalue weighted by Crippen LogP contribution is -2.28. The molecule has 0 saturated carbocycles. The highest BCUT2D eigenvalue weighted by atomic mass is 16.2. The molecule has 0 spiro atoms. The van der Waals surface area contributed by atoms with Crippen molar-refractivity contribution in [3.05, 3.63) is 59.4 Å². The fourth-order valence-corrected chi connectivity index (χ4v) is 2.23. The van der Waals surface area contributed by atoms with Crippen LogP contribution in [0.5, 0.6) is 0 Å². The number of unbranched alkanes of at least 4 members (excludes halogenated alkanes) is 1. The first-order chi connectivity index (χ1) is 12.9. The molecule has 4 nitrogen and oxygen atoms in total. The SMILES string of the molecule is CC.CC(C)=CCC/C(C)=C/CC/C=C/CC(=O)NC1=CC(=O)C=CC1=O. The lowest BCUT2D eigenvalue weighted by Gasteiger charge is -2.07. The van der Waals surface area contributed by atoms with Gasteiger partial charge in [0.15, 0.2) is 5.78 Å². The minimum atomic E-state index is -0.356. The lowest BCUT2D eigenvalue weighted by atomic mass is 10.1. The van der Waals surface area contributed by atoms with Gasteiger partial charge in [0.2, 0.25) is 11.7 Å². The van der Waals surface area contributed by atoms with Crippen LogP contribution in [0.2, 0.25) is 0 Å². The van der Waals surface area contributed by atoms with Crippen molar-refractivity contribution in [1.29, 1.82) is 0 Å². The van der Waals surface area contributed by atoms with Gasteiger partial charge in [-0.3, -0.25) is 14.4 Å². The highest BCUT2D eigenvalue weighted by Crippen LogP contribution is 2.09. The molecule has 0 aromatic heterocycles. The topological polar surface area (TPSA) is 63.2 Å². The number of hydrogen-bond donors (Lipinski definition) is 1. The number of allylic oxidation sites excluding steroid dienone is 8. The molecule has 0 radical (unpaired) electrons. The van der Waals surface area contributed by atoms with E-state index < -0.39 is 0 Å². The second kappa shape index (κ2) is 14.7. The molecule has 1 amide bonds. The maximum absolute atomic E-state index is 11.8. The number of hydrogen-bond acceptors (Lipinski definition) is 3. The maximum atomic E-state index is 11.8. The summed E-state index contributed by atoms with van der Waals surface area (Å²) in [5.74, 6) is -0.949.